The highest BCUT2D eigenvalue weighted by molar-refractivity contribution is 7.89. The van der Waals surface area contributed by atoms with Gasteiger partial charge in [0.05, 0.1) is 4.90 Å². The van der Waals surface area contributed by atoms with Crippen LogP contribution in [0.25, 0.3) is 0 Å². The highest BCUT2D eigenvalue weighted by atomic mass is 32.2. The van der Waals surface area contributed by atoms with Crippen LogP contribution in [0.2, 0.25) is 0 Å². The zero-order chi connectivity index (χ0) is 21.3. The van der Waals surface area contributed by atoms with E-state index < -0.39 is 27.6 Å². The van der Waals surface area contributed by atoms with Crippen molar-refractivity contribution in [3.8, 4) is 0 Å². The molecule has 0 radical (unpaired) electrons. The van der Waals surface area contributed by atoms with Gasteiger partial charge in [-0.2, -0.15) is 4.31 Å². The maximum atomic E-state index is 14.4. The SMILES string of the molecule is O=C(Nc1cc(F)c(N2CCCC2)c(F)c1)c1ccc(S(=O)(=O)N2CCCC2)cc1. The van der Waals surface area contributed by atoms with Gasteiger partial charge in [0.15, 0.2) is 11.6 Å². The summed E-state index contributed by atoms with van der Waals surface area (Å²) in [5.74, 6) is -2.02. The van der Waals surface area contributed by atoms with Gasteiger partial charge < -0.3 is 10.2 Å². The number of nitrogens with zero attached hydrogens (tertiary/aromatic N) is 2. The van der Waals surface area contributed by atoms with Gasteiger partial charge in [-0.25, -0.2) is 17.2 Å². The fraction of sp³-hybridized carbons (Fsp3) is 0.381. The Kier molecular flexibility index (Phi) is 5.75. The van der Waals surface area contributed by atoms with Crippen LogP contribution in [0.4, 0.5) is 20.2 Å². The lowest BCUT2D eigenvalue weighted by Crippen LogP contribution is -2.27. The zero-order valence-corrected chi connectivity index (χ0v) is 17.2. The van der Waals surface area contributed by atoms with Gasteiger partial charge in [-0.05, 0) is 62.1 Å². The molecule has 2 saturated heterocycles. The molecule has 2 heterocycles. The van der Waals surface area contributed by atoms with Crippen molar-refractivity contribution in [3.05, 3.63) is 53.6 Å². The minimum Gasteiger partial charge on any atom is -0.367 e. The lowest BCUT2D eigenvalue weighted by molar-refractivity contribution is 0.102. The summed E-state index contributed by atoms with van der Waals surface area (Å²) < 4.78 is 55.4. The first-order valence-electron chi connectivity index (χ1n) is 10.0. The van der Waals surface area contributed by atoms with Gasteiger partial charge in [-0.3, -0.25) is 4.79 Å². The second-order valence-electron chi connectivity index (χ2n) is 7.57. The number of rotatable bonds is 5. The molecular formula is C21H23F2N3O3S. The van der Waals surface area contributed by atoms with Gasteiger partial charge in [0.25, 0.3) is 5.91 Å². The number of amides is 1. The summed E-state index contributed by atoms with van der Waals surface area (Å²) in [7, 11) is -3.57. The predicted octanol–water partition coefficient (Wildman–Crippen LogP) is 3.60. The number of hydrogen-bond acceptors (Lipinski definition) is 4. The molecule has 2 aromatic carbocycles. The van der Waals surface area contributed by atoms with Crippen LogP contribution in [0.1, 0.15) is 36.0 Å². The third kappa shape index (κ3) is 4.04. The van der Waals surface area contributed by atoms with E-state index in [2.05, 4.69) is 5.32 Å². The summed E-state index contributed by atoms with van der Waals surface area (Å²) in [5.41, 5.74) is 0.133. The van der Waals surface area contributed by atoms with E-state index in [0.717, 1.165) is 37.8 Å². The molecular weight excluding hydrogens is 412 g/mol. The topological polar surface area (TPSA) is 69.7 Å². The Hall–Kier alpha value is -2.52. The predicted molar refractivity (Wildman–Crippen MR) is 110 cm³/mol. The largest absolute Gasteiger partial charge is 0.367 e. The van der Waals surface area contributed by atoms with E-state index in [1.54, 1.807) is 4.90 Å². The molecule has 30 heavy (non-hydrogen) atoms. The summed E-state index contributed by atoms with van der Waals surface area (Å²) in [5, 5.41) is 2.47. The van der Waals surface area contributed by atoms with E-state index in [9.17, 15) is 22.0 Å². The number of halogens is 2. The van der Waals surface area contributed by atoms with E-state index in [4.69, 9.17) is 0 Å². The number of anilines is 2. The number of hydrogen-bond donors (Lipinski definition) is 1. The molecule has 1 N–H and O–H groups in total. The maximum absolute atomic E-state index is 14.4. The average Bonchev–Trinajstić information content (AvgIpc) is 3.42. The minimum atomic E-state index is -3.57. The summed E-state index contributed by atoms with van der Waals surface area (Å²) in [6.07, 6.45) is 3.45. The molecule has 0 aliphatic carbocycles. The molecule has 0 bridgehead atoms. The van der Waals surface area contributed by atoms with Crippen molar-refractivity contribution >= 4 is 27.3 Å². The van der Waals surface area contributed by atoms with Gasteiger partial charge in [0, 0.05) is 37.4 Å². The van der Waals surface area contributed by atoms with Crippen LogP contribution >= 0.6 is 0 Å². The second-order valence-corrected chi connectivity index (χ2v) is 9.51. The number of sulfonamides is 1. The van der Waals surface area contributed by atoms with Crippen LogP contribution in [-0.2, 0) is 10.0 Å². The van der Waals surface area contributed by atoms with Gasteiger partial charge in [-0.1, -0.05) is 0 Å². The molecule has 0 aromatic heterocycles. The highest BCUT2D eigenvalue weighted by Gasteiger charge is 2.27. The standard InChI is InChI=1S/C21H23F2N3O3S/c22-18-13-16(14-19(23)20(18)25-9-1-2-10-25)24-21(27)15-5-7-17(8-6-15)30(28,29)26-11-3-4-12-26/h5-8,13-14H,1-4,9-12H2,(H,24,27). The first-order valence-corrected chi connectivity index (χ1v) is 11.5. The molecule has 2 aliphatic heterocycles. The normalized spacial score (nSPS) is 17.5. The Bertz CT molecular complexity index is 1020. The average molecular weight is 435 g/mol. The summed E-state index contributed by atoms with van der Waals surface area (Å²) in [6.45, 7) is 2.20. The van der Waals surface area contributed by atoms with Gasteiger partial charge >= 0.3 is 0 Å². The van der Waals surface area contributed by atoms with Crippen molar-refractivity contribution in [3.63, 3.8) is 0 Å². The smallest absolute Gasteiger partial charge is 0.255 e. The van der Waals surface area contributed by atoms with E-state index >= 15 is 0 Å². The molecule has 0 saturated carbocycles. The molecule has 6 nitrogen and oxygen atoms in total. The molecule has 0 spiro atoms. The summed E-state index contributed by atoms with van der Waals surface area (Å²) in [4.78, 5) is 14.2. The lowest BCUT2D eigenvalue weighted by atomic mass is 10.2. The molecule has 0 unspecified atom stereocenters. The third-order valence-electron chi connectivity index (χ3n) is 5.52. The first-order chi connectivity index (χ1) is 14.4. The number of carbonyl (C=O) groups excluding carboxylic acids is 1. The van der Waals surface area contributed by atoms with Crippen molar-refractivity contribution in [2.75, 3.05) is 36.4 Å². The Labute approximate surface area is 174 Å². The molecule has 2 fully saturated rings. The van der Waals surface area contributed by atoms with E-state index in [1.807, 2.05) is 0 Å². The second kappa shape index (κ2) is 8.31. The fourth-order valence-electron chi connectivity index (χ4n) is 3.94. The Morgan fingerprint density at radius 3 is 1.97 bits per heavy atom. The number of carbonyl (C=O) groups is 1. The monoisotopic (exact) mass is 435 g/mol. The molecule has 4 rings (SSSR count). The van der Waals surface area contributed by atoms with E-state index in [1.165, 1.54) is 28.6 Å². The van der Waals surface area contributed by atoms with Crippen LogP contribution in [0.3, 0.4) is 0 Å². The van der Waals surface area contributed by atoms with E-state index in [-0.39, 0.29) is 21.8 Å². The lowest BCUT2D eigenvalue weighted by Gasteiger charge is -2.20. The molecule has 0 atom stereocenters. The van der Waals surface area contributed by atoms with Crippen molar-refractivity contribution in [1.82, 2.24) is 4.31 Å². The first kappa shape index (κ1) is 20.7. The van der Waals surface area contributed by atoms with Crippen LogP contribution < -0.4 is 10.2 Å². The van der Waals surface area contributed by atoms with Crippen molar-refractivity contribution < 1.29 is 22.0 Å². The van der Waals surface area contributed by atoms with Crippen LogP contribution in [-0.4, -0.2) is 44.8 Å². The molecule has 9 heteroatoms. The quantitative estimate of drug-likeness (QED) is 0.779. The van der Waals surface area contributed by atoms with E-state index in [0.29, 0.717) is 26.2 Å². The highest BCUT2D eigenvalue weighted by Crippen LogP contribution is 2.30. The fourth-order valence-corrected chi connectivity index (χ4v) is 5.46. The molecule has 1 amide bonds. The van der Waals surface area contributed by atoms with Crippen molar-refractivity contribution in [1.29, 1.82) is 0 Å². The van der Waals surface area contributed by atoms with Gasteiger partial charge in [-0.15, -0.1) is 0 Å². The van der Waals surface area contributed by atoms with Gasteiger partial charge in [0.1, 0.15) is 5.69 Å². The zero-order valence-electron chi connectivity index (χ0n) is 16.4. The number of nitrogens with one attached hydrogen (secondary N) is 1. The summed E-state index contributed by atoms with van der Waals surface area (Å²) in [6, 6.07) is 7.73. The van der Waals surface area contributed by atoms with Crippen molar-refractivity contribution in [2.24, 2.45) is 0 Å². The molecule has 2 aliphatic rings. The van der Waals surface area contributed by atoms with Crippen LogP contribution in [0.15, 0.2) is 41.3 Å². The Morgan fingerprint density at radius 1 is 0.867 bits per heavy atom. The molecule has 2 aromatic rings. The Balaban J connectivity index is 1.49. The van der Waals surface area contributed by atoms with Crippen molar-refractivity contribution in [2.45, 2.75) is 30.6 Å². The van der Waals surface area contributed by atoms with Crippen LogP contribution in [0, 0.1) is 11.6 Å². The summed E-state index contributed by atoms with van der Waals surface area (Å²) >= 11 is 0. The van der Waals surface area contributed by atoms with Crippen LogP contribution in [0.5, 0.6) is 0 Å². The number of benzene rings is 2. The third-order valence-corrected chi connectivity index (χ3v) is 7.43. The van der Waals surface area contributed by atoms with Gasteiger partial charge in [0.2, 0.25) is 10.0 Å². The minimum absolute atomic E-state index is 0.00621. The Morgan fingerprint density at radius 2 is 1.40 bits per heavy atom. The maximum Gasteiger partial charge on any atom is 0.255 e. The molecule has 160 valence electrons.